The number of hydrogen-bond donors (Lipinski definition) is 1. The Bertz CT molecular complexity index is 1320. The van der Waals surface area contributed by atoms with Crippen LogP contribution in [0.25, 0.3) is 0 Å². The Morgan fingerprint density at radius 1 is 0.588 bits per heavy atom. The standard InChI is InChI=1S/C25H19F3O4S2/c26-25(27,28)19-11-15-24(16-12-19)34(30,31)32-33(21-7-3-1-4-8-21,22-9-5-2-6-10-22)23-17-13-20(29)14-18-23/h1-18,29H. The molecule has 0 fully saturated rings. The maximum absolute atomic E-state index is 13.5. The van der Waals surface area contributed by atoms with Crippen LogP contribution >= 0.6 is 10.3 Å². The molecule has 1 N–H and O–H groups in total. The molecule has 0 amide bonds. The number of phenolic OH excluding ortho intramolecular Hbond substituents is 1. The van der Waals surface area contributed by atoms with Crippen molar-refractivity contribution < 1.29 is 30.3 Å². The molecule has 0 saturated carbocycles. The first kappa shape index (κ1) is 23.9. The molecule has 4 aromatic rings. The number of alkyl halides is 3. The zero-order chi connectivity index (χ0) is 24.4. The lowest BCUT2D eigenvalue weighted by atomic mass is 10.2. The van der Waals surface area contributed by atoms with E-state index in [0.29, 0.717) is 26.8 Å². The van der Waals surface area contributed by atoms with Crippen LogP contribution in [0.5, 0.6) is 5.75 Å². The van der Waals surface area contributed by atoms with Gasteiger partial charge in [-0.25, -0.2) is 3.63 Å². The SMILES string of the molecule is O=S(=O)(OS(c1ccccc1)(c1ccccc1)c1ccc(O)cc1)c1ccc(C(F)(F)F)cc1. The zero-order valence-electron chi connectivity index (χ0n) is 17.5. The summed E-state index contributed by atoms with van der Waals surface area (Å²) in [7, 11) is -7.44. The summed E-state index contributed by atoms with van der Waals surface area (Å²) in [6.45, 7) is 0. The summed E-state index contributed by atoms with van der Waals surface area (Å²) in [6.07, 6.45) is -4.60. The first-order chi connectivity index (χ1) is 16.1. The van der Waals surface area contributed by atoms with Gasteiger partial charge in [-0.2, -0.15) is 21.6 Å². The predicted molar refractivity (Wildman–Crippen MR) is 123 cm³/mol. The zero-order valence-corrected chi connectivity index (χ0v) is 19.1. The molecule has 176 valence electrons. The van der Waals surface area contributed by atoms with Gasteiger partial charge in [0, 0.05) is 14.7 Å². The van der Waals surface area contributed by atoms with E-state index in [-0.39, 0.29) is 5.75 Å². The van der Waals surface area contributed by atoms with Crippen molar-refractivity contribution in [3.8, 4) is 5.75 Å². The lowest BCUT2D eigenvalue weighted by molar-refractivity contribution is -0.137. The van der Waals surface area contributed by atoms with E-state index in [4.69, 9.17) is 3.63 Å². The minimum absolute atomic E-state index is 0.0104. The van der Waals surface area contributed by atoms with Gasteiger partial charge < -0.3 is 5.11 Å². The van der Waals surface area contributed by atoms with E-state index in [2.05, 4.69) is 0 Å². The molecule has 34 heavy (non-hydrogen) atoms. The molecule has 4 rings (SSSR count). The number of benzene rings is 4. The minimum atomic E-state index is -4.60. The fourth-order valence-electron chi connectivity index (χ4n) is 3.37. The van der Waals surface area contributed by atoms with Crippen LogP contribution in [-0.2, 0) is 19.9 Å². The van der Waals surface area contributed by atoms with Gasteiger partial charge in [0.05, 0.1) is 10.5 Å². The van der Waals surface area contributed by atoms with Crippen molar-refractivity contribution in [2.45, 2.75) is 25.8 Å². The molecule has 0 atom stereocenters. The molecule has 0 aliphatic carbocycles. The third-order valence-electron chi connectivity index (χ3n) is 4.98. The van der Waals surface area contributed by atoms with Gasteiger partial charge in [-0.15, -0.1) is 0 Å². The highest BCUT2D eigenvalue weighted by Gasteiger charge is 2.38. The normalized spacial score (nSPS) is 12.9. The van der Waals surface area contributed by atoms with Gasteiger partial charge in [0.25, 0.3) is 0 Å². The summed E-state index contributed by atoms with van der Waals surface area (Å²) in [4.78, 5) is 1.20. The van der Waals surface area contributed by atoms with Crippen LogP contribution in [0.3, 0.4) is 0 Å². The van der Waals surface area contributed by atoms with Crippen LogP contribution in [0.4, 0.5) is 13.2 Å². The molecule has 0 bridgehead atoms. The number of phenols is 1. The van der Waals surface area contributed by atoms with Gasteiger partial charge in [-0.05, 0) is 83.1 Å². The number of halogens is 3. The first-order valence-corrected chi connectivity index (χ1v) is 13.0. The van der Waals surface area contributed by atoms with E-state index in [1.807, 2.05) is 0 Å². The molecule has 0 unspecified atom stereocenters. The van der Waals surface area contributed by atoms with Crippen LogP contribution < -0.4 is 0 Å². The second kappa shape index (κ2) is 9.17. The minimum Gasteiger partial charge on any atom is -0.508 e. The van der Waals surface area contributed by atoms with Gasteiger partial charge in [0.1, 0.15) is 5.75 Å². The van der Waals surface area contributed by atoms with Crippen LogP contribution in [-0.4, -0.2) is 13.5 Å². The highest BCUT2D eigenvalue weighted by molar-refractivity contribution is 8.33. The van der Waals surface area contributed by atoms with E-state index in [1.165, 1.54) is 12.1 Å². The van der Waals surface area contributed by atoms with E-state index >= 15 is 0 Å². The van der Waals surface area contributed by atoms with Crippen molar-refractivity contribution in [1.82, 2.24) is 0 Å². The fourth-order valence-corrected chi connectivity index (χ4v) is 8.59. The second-order valence-corrected chi connectivity index (χ2v) is 11.7. The monoisotopic (exact) mass is 504 g/mol. The third kappa shape index (κ3) is 4.68. The number of aromatic hydroxyl groups is 1. The van der Waals surface area contributed by atoms with Gasteiger partial charge in [0.15, 0.2) is 0 Å². The molecule has 0 radical (unpaired) electrons. The Kier molecular flexibility index (Phi) is 6.44. The fraction of sp³-hybridized carbons (Fsp3) is 0.0400. The van der Waals surface area contributed by atoms with Crippen LogP contribution in [0.15, 0.2) is 129 Å². The molecule has 0 heterocycles. The molecule has 4 aromatic carbocycles. The summed E-state index contributed by atoms with van der Waals surface area (Å²) in [5.41, 5.74) is -0.963. The molecule has 0 saturated heterocycles. The van der Waals surface area contributed by atoms with Crippen LogP contribution in [0, 0.1) is 0 Å². The average molecular weight is 505 g/mol. The van der Waals surface area contributed by atoms with E-state index in [9.17, 15) is 26.7 Å². The average Bonchev–Trinajstić information content (AvgIpc) is 2.84. The van der Waals surface area contributed by atoms with Gasteiger partial charge >= 0.3 is 16.3 Å². The van der Waals surface area contributed by atoms with E-state index in [0.717, 1.165) is 12.1 Å². The smallest absolute Gasteiger partial charge is 0.416 e. The van der Waals surface area contributed by atoms with E-state index < -0.39 is 37.1 Å². The van der Waals surface area contributed by atoms with Crippen molar-refractivity contribution in [3.05, 3.63) is 115 Å². The topological polar surface area (TPSA) is 63.6 Å². The van der Waals surface area contributed by atoms with Gasteiger partial charge in [0.2, 0.25) is 0 Å². The van der Waals surface area contributed by atoms with Crippen LogP contribution in [0.2, 0.25) is 0 Å². The van der Waals surface area contributed by atoms with Crippen molar-refractivity contribution in [2.75, 3.05) is 0 Å². The lowest BCUT2D eigenvalue weighted by Crippen LogP contribution is -2.15. The molecular formula is C25H19F3O4S2. The third-order valence-corrected chi connectivity index (χ3v) is 10.2. The van der Waals surface area contributed by atoms with E-state index in [1.54, 1.807) is 72.8 Å². The molecule has 0 aliphatic heterocycles. The molecule has 9 heteroatoms. The summed E-state index contributed by atoms with van der Waals surface area (Å²) >= 11 is 0. The first-order valence-electron chi connectivity index (χ1n) is 9.99. The number of hydrogen-bond acceptors (Lipinski definition) is 4. The summed E-state index contributed by atoms with van der Waals surface area (Å²) in [5, 5.41) is 9.82. The Morgan fingerprint density at radius 3 is 1.44 bits per heavy atom. The highest BCUT2D eigenvalue weighted by Crippen LogP contribution is 2.70. The Morgan fingerprint density at radius 2 is 1.00 bits per heavy atom. The van der Waals surface area contributed by atoms with Crippen molar-refractivity contribution in [1.29, 1.82) is 0 Å². The predicted octanol–water partition coefficient (Wildman–Crippen LogP) is 7.01. The van der Waals surface area contributed by atoms with Gasteiger partial charge in [-0.1, -0.05) is 36.4 Å². The molecule has 0 aromatic heterocycles. The lowest BCUT2D eigenvalue weighted by Gasteiger charge is -2.39. The summed E-state index contributed by atoms with van der Waals surface area (Å²) in [6, 6.07) is 26.7. The summed E-state index contributed by atoms with van der Waals surface area (Å²) in [5.74, 6) is -0.0104. The highest BCUT2D eigenvalue weighted by atomic mass is 32.3. The van der Waals surface area contributed by atoms with Crippen molar-refractivity contribution in [3.63, 3.8) is 0 Å². The Balaban J connectivity index is 1.93. The summed E-state index contributed by atoms with van der Waals surface area (Å²) < 4.78 is 71.9. The maximum atomic E-state index is 13.5. The molecule has 0 aliphatic rings. The van der Waals surface area contributed by atoms with Crippen molar-refractivity contribution in [2.24, 2.45) is 0 Å². The number of rotatable bonds is 6. The molecular weight excluding hydrogens is 485 g/mol. The molecule has 4 nitrogen and oxygen atoms in total. The van der Waals surface area contributed by atoms with Crippen molar-refractivity contribution >= 4 is 20.4 Å². The Labute approximate surface area is 196 Å². The maximum Gasteiger partial charge on any atom is 0.416 e. The quantitative estimate of drug-likeness (QED) is 0.307. The molecule has 0 spiro atoms. The second-order valence-electron chi connectivity index (χ2n) is 7.22. The largest absolute Gasteiger partial charge is 0.508 e. The van der Waals surface area contributed by atoms with Crippen LogP contribution in [0.1, 0.15) is 5.56 Å². The Hall–Kier alpha value is -3.27. The van der Waals surface area contributed by atoms with Gasteiger partial charge in [-0.3, -0.25) is 0 Å².